The molecule has 761 valence electrons. The van der Waals surface area contributed by atoms with Gasteiger partial charge in [0.05, 0.1) is 91.3 Å². The molecule has 9 aliphatic rings. The monoisotopic (exact) mass is 2260 g/mol. The molecule has 12 heterocycles. The van der Waals surface area contributed by atoms with E-state index >= 15 is 0 Å². The van der Waals surface area contributed by atoms with Gasteiger partial charge in [0.15, 0.2) is 29.9 Å². The zero-order valence-corrected chi connectivity index (χ0v) is 90.3. The van der Waals surface area contributed by atoms with Gasteiger partial charge < -0.3 is 53.7 Å². The van der Waals surface area contributed by atoms with Crippen molar-refractivity contribution in [2.75, 3.05) is 106 Å². The maximum absolute atomic E-state index is 13.1. The Morgan fingerprint density at radius 2 is 0.899 bits per heavy atom. The van der Waals surface area contributed by atoms with Gasteiger partial charge in [0.1, 0.15) is 47.5 Å². The predicted molar refractivity (Wildman–Crippen MR) is 563 cm³/mol. The van der Waals surface area contributed by atoms with Gasteiger partial charge in [-0.25, -0.2) is 41.2 Å². The summed E-state index contributed by atoms with van der Waals surface area (Å²) in [6.45, 7) is 13.9. The Kier molecular flexibility index (Phi) is 59.6. The molecule has 32 nitrogen and oxygen atoms in total. The molecule has 4 N–H and O–H groups in total. The minimum Gasteiger partial charge on any atom is -0.468 e. The topological polar surface area (TPSA) is 400 Å². The Morgan fingerprint density at radius 1 is 0.540 bits per heavy atom. The zero-order chi connectivity index (χ0) is 100. The fraction of sp³-hybridized carbons (Fsp3) is 0.659. The van der Waals surface area contributed by atoms with E-state index in [9.17, 15) is 40.8 Å². The van der Waals surface area contributed by atoms with E-state index in [1.165, 1.54) is 156 Å². The molecule has 0 spiro atoms. The van der Waals surface area contributed by atoms with Gasteiger partial charge in [-0.15, -0.1) is 11.8 Å². The number of nitrogens with two attached hydrogens (primary N) is 1. The summed E-state index contributed by atoms with van der Waals surface area (Å²) in [5.74, 6) is 0.955. The molecule has 7 aromatic heterocycles. The van der Waals surface area contributed by atoms with E-state index in [4.69, 9.17) is 90.0 Å². The number of thiazole rings is 2. The second-order valence-corrected chi connectivity index (χ2v) is 47.0. The Balaban J connectivity index is 0.000000251. The van der Waals surface area contributed by atoms with Crippen LogP contribution in [0, 0.1) is 29.6 Å². The molecule has 48 heteroatoms. The summed E-state index contributed by atoms with van der Waals surface area (Å²) in [5.41, 5.74) is 12.3. The fourth-order valence-corrected chi connectivity index (χ4v) is 24.5. The summed E-state index contributed by atoms with van der Waals surface area (Å²) in [4.78, 5) is 69.7. The van der Waals surface area contributed by atoms with Gasteiger partial charge in [-0.1, -0.05) is 132 Å². The summed E-state index contributed by atoms with van der Waals surface area (Å²) in [5, 5.41) is 27.9. The molecular formula is C91H133B5Br3Cl2N14O18S6. The number of nitrogens with zero attached hydrogens (tertiary/aromatic N) is 11. The summed E-state index contributed by atoms with van der Waals surface area (Å²) in [6.07, 6.45) is 49.6. The Hall–Kier alpha value is -5.72. The second kappa shape index (κ2) is 67.9. The maximum Gasteiger partial charge on any atom is 0.330 e. The molecule has 7 radical (unpaired) electrons. The number of thioether (sulfide) groups is 1. The average Bonchev–Trinajstić information content (AvgIpc) is 1.65. The summed E-state index contributed by atoms with van der Waals surface area (Å²) < 4.78 is 107. The molecule has 1 amide bonds. The number of hydrogen-bond acceptors (Lipinski definition) is 30. The highest BCUT2D eigenvalue weighted by atomic mass is 79.9. The van der Waals surface area contributed by atoms with Crippen molar-refractivity contribution in [3.8, 4) is 0 Å². The van der Waals surface area contributed by atoms with Gasteiger partial charge in [0.2, 0.25) is 0 Å². The van der Waals surface area contributed by atoms with Crippen LogP contribution in [0.1, 0.15) is 231 Å². The smallest absolute Gasteiger partial charge is 0.330 e. The molecule has 4 saturated carbocycles. The van der Waals surface area contributed by atoms with E-state index in [0.717, 1.165) is 168 Å². The Labute approximate surface area is 878 Å². The van der Waals surface area contributed by atoms with Crippen molar-refractivity contribution in [1.29, 1.82) is 0 Å². The Morgan fingerprint density at radius 3 is 1.21 bits per heavy atom. The number of aromatic amines is 1. The molecule has 5 saturated heterocycles. The number of carbonyl (C=O) groups is 5. The molecule has 5 atom stereocenters. The number of nitrogens with one attached hydrogen (secondary N) is 2. The van der Waals surface area contributed by atoms with Gasteiger partial charge in [-0.05, 0) is 228 Å². The minimum atomic E-state index is -3.43. The van der Waals surface area contributed by atoms with Crippen LogP contribution >= 0.6 is 118 Å². The van der Waals surface area contributed by atoms with Crippen molar-refractivity contribution in [3.05, 3.63) is 122 Å². The normalized spacial score (nSPS) is 18.3. The lowest BCUT2D eigenvalue weighted by molar-refractivity contribution is -0.146. The SMILES string of the molecule is Brc1cn[nH]c1.C.C=C=C=C=C.COC(=O)C(Br)CC1CCOCC1.COC(=O)C(CC1CCOCC1)n1cc(Br)cn1.COC(=O)C(CC1CCOCC1)n1cc(S(=O)(=O)C2CCCC2)cn1.COC(=O)C(CC1CCOCC1)n1cc(SC2CCCC2)cn1.Nc1ncc(Cl)s1.O=C(Nc1ncc(Cl)s1)C(CC1CCOCC1)n1cc(S(=O)(=O)C2CCCC2)cn1.SC1CCCC1.[B][B]B([B])[B]. The molecule has 9 fully saturated rings. The van der Waals surface area contributed by atoms with Gasteiger partial charge in [0, 0.05) is 149 Å². The lowest BCUT2D eigenvalue weighted by Gasteiger charge is -2.26. The van der Waals surface area contributed by atoms with Gasteiger partial charge in [0.25, 0.3) is 5.91 Å². The lowest BCUT2D eigenvalue weighted by atomic mass is 8.97. The summed E-state index contributed by atoms with van der Waals surface area (Å²) >= 11 is 29.9. The quantitative estimate of drug-likeness (QED) is 0.00927. The van der Waals surface area contributed by atoms with Gasteiger partial charge in [-0.2, -0.15) is 38.1 Å². The van der Waals surface area contributed by atoms with Crippen LogP contribution < -0.4 is 11.1 Å². The van der Waals surface area contributed by atoms with Crippen LogP contribution in [-0.2, 0) is 86.3 Å². The van der Waals surface area contributed by atoms with Crippen molar-refractivity contribution in [1.82, 2.24) is 59.3 Å². The van der Waals surface area contributed by atoms with Crippen LogP contribution in [0.5, 0.6) is 0 Å². The number of anilines is 2. The van der Waals surface area contributed by atoms with Gasteiger partial charge >= 0.3 is 23.9 Å². The molecule has 0 aromatic carbocycles. The molecule has 7 aromatic rings. The third-order valence-corrected chi connectivity index (χ3v) is 34.2. The first kappa shape index (κ1) is 122. The number of amides is 1. The highest BCUT2D eigenvalue weighted by molar-refractivity contribution is 9.11. The van der Waals surface area contributed by atoms with Crippen LogP contribution in [0.4, 0.5) is 10.3 Å². The number of esters is 4. The number of halogens is 5. The highest BCUT2D eigenvalue weighted by Gasteiger charge is 2.38. The van der Waals surface area contributed by atoms with E-state index in [2.05, 4.69) is 141 Å². The van der Waals surface area contributed by atoms with Crippen molar-refractivity contribution in [3.63, 3.8) is 0 Å². The van der Waals surface area contributed by atoms with Crippen molar-refractivity contribution in [2.24, 2.45) is 29.6 Å². The number of carbonyl (C=O) groups excluding carboxylic acids is 5. The molecular weight excluding hydrogens is 2130 g/mol. The van der Waals surface area contributed by atoms with E-state index < -0.39 is 38.1 Å². The number of alkyl halides is 1. The largest absolute Gasteiger partial charge is 0.468 e. The zero-order valence-electron chi connectivity index (χ0n) is 79.0. The van der Waals surface area contributed by atoms with E-state index in [1.807, 2.05) is 24.2 Å². The number of thiol groups is 1. The number of hydrogen-bond donors (Lipinski definition) is 4. The number of sulfone groups is 2. The third kappa shape index (κ3) is 45.0. The number of nitrogen functional groups attached to an aromatic ring is 1. The minimum absolute atomic E-state index is 0. The first-order chi connectivity index (χ1) is 66.4. The standard InChI is InChI=1S/C19H25ClN4O4S2.C17H26N2O5S.C17H26N2O3S.C12H17BrN2O3.C9H15BrO3.C5H10S.C5H4.C3H3BrN2.C3H3ClN2S.CH4.B5/c20-17-11-21-19(29-17)23-18(25)16(9-13-5-7-28-8-6-13)24-12-15(10-22-24)30(26,27)14-3-1-2-4-14;1-23-17(20)16(10-13-6-8-24-9-7-13)19-12-15(11-18-19)25(21,22)14-4-2-3-5-14;1-21-17(20)16(10-13-6-8-22-9-7-13)19-12-15(11-18-19)23-14-4-2-3-5-14;1-17-12(16)11(15-8-10(13)7-14-15)6-9-2-4-18-5-3-9;1-12-9(11)8(10)6-7-2-4-13-5-3-7;6-5-3-1-2-4-5;1-3-5-4-2;4-3-1-5-6-2-3;4-2-1-6-3(5)7-2;;1-4-5(2)3/h10-14,16H,1-9H2,(H,21,23,25);11-14,16H,2-10H2,1H3;11-14,16H,2-10H2,1H3;7-9,11H,2-6H2,1H3;7-8H,2-6H2,1H3;5-6H,1-4H2;1-2H2;1-2H,(H,5,6);1H,(H2,5,6);1H4;. The molecule has 5 aliphatic heterocycles. The molecule has 139 heavy (non-hydrogen) atoms. The number of rotatable bonds is 27. The molecule has 4 aliphatic carbocycles. The van der Waals surface area contributed by atoms with Crippen LogP contribution in [-0.4, -0.2) is 263 Å². The van der Waals surface area contributed by atoms with Gasteiger partial charge in [-0.3, -0.25) is 33.4 Å². The van der Waals surface area contributed by atoms with E-state index in [0.29, 0.717) is 119 Å². The van der Waals surface area contributed by atoms with Crippen LogP contribution in [0.2, 0.25) is 8.67 Å². The first-order valence-electron chi connectivity index (χ1n) is 46.7. The Bertz CT molecular complexity index is 4980. The van der Waals surface area contributed by atoms with Crippen molar-refractivity contribution >= 4 is 214 Å². The van der Waals surface area contributed by atoms with Crippen LogP contribution in [0.25, 0.3) is 0 Å². The summed E-state index contributed by atoms with van der Waals surface area (Å²) in [6, 6.07) is -1.89. The van der Waals surface area contributed by atoms with Crippen LogP contribution in [0.3, 0.4) is 0 Å². The third-order valence-electron chi connectivity index (χ3n) is 24.4. The number of ether oxygens (including phenoxy) is 9. The summed E-state index contributed by atoms with van der Waals surface area (Å²) in [7, 11) is 14.6. The first-order valence-corrected chi connectivity index (χ1v) is 56.1. The molecule has 0 bridgehead atoms. The average molecular weight is 2270 g/mol. The molecule has 16 rings (SSSR count). The number of aromatic nitrogens is 12. The van der Waals surface area contributed by atoms with Crippen molar-refractivity contribution < 1.29 is 83.4 Å². The van der Waals surface area contributed by atoms with E-state index in [1.54, 1.807) is 34.2 Å². The van der Waals surface area contributed by atoms with Crippen LogP contribution in [0.15, 0.2) is 128 Å². The fourth-order valence-electron chi connectivity index (χ4n) is 16.6. The second-order valence-electron chi connectivity index (χ2n) is 34.2. The predicted octanol–water partition coefficient (Wildman–Crippen LogP) is 17.6. The maximum atomic E-state index is 13.1. The van der Waals surface area contributed by atoms with Crippen molar-refractivity contribution in [2.45, 2.75) is 271 Å². The number of methoxy groups -OCH3 is 4. The van der Waals surface area contributed by atoms with E-state index in [-0.39, 0.29) is 74.4 Å². The molecule has 5 unspecified atom stereocenters. The lowest BCUT2D eigenvalue weighted by Crippen LogP contribution is -2.30. The number of H-pyrrole nitrogens is 1. The highest BCUT2D eigenvalue weighted by Crippen LogP contribution is 2.39.